The molecule has 1 aromatic heterocycles. The molecule has 21 heavy (non-hydrogen) atoms. The van der Waals surface area contributed by atoms with Gasteiger partial charge in [0.15, 0.2) is 0 Å². The van der Waals surface area contributed by atoms with Crippen LogP contribution >= 0.6 is 11.3 Å². The van der Waals surface area contributed by atoms with Gasteiger partial charge in [-0.2, -0.15) is 0 Å². The summed E-state index contributed by atoms with van der Waals surface area (Å²) in [6.45, 7) is 6.96. The third-order valence-electron chi connectivity index (χ3n) is 4.07. The highest BCUT2D eigenvalue weighted by Gasteiger charge is 2.18. The van der Waals surface area contributed by atoms with Crippen molar-refractivity contribution in [3.05, 3.63) is 21.9 Å². The molecule has 0 radical (unpaired) electrons. The Morgan fingerprint density at radius 1 is 1.38 bits per heavy atom. The molecular weight excluding hydrogens is 280 g/mol. The van der Waals surface area contributed by atoms with Crippen LogP contribution in [0.15, 0.2) is 12.1 Å². The van der Waals surface area contributed by atoms with Crippen molar-refractivity contribution in [2.75, 3.05) is 33.3 Å². The molecule has 116 valence electrons. The smallest absolute Gasteiger partial charge is 0.104 e. The van der Waals surface area contributed by atoms with Gasteiger partial charge in [0.05, 0.1) is 4.88 Å². The van der Waals surface area contributed by atoms with Crippen molar-refractivity contribution in [3.8, 4) is 11.8 Å². The van der Waals surface area contributed by atoms with E-state index in [4.69, 9.17) is 5.11 Å². The van der Waals surface area contributed by atoms with Gasteiger partial charge >= 0.3 is 0 Å². The van der Waals surface area contributed by atoms with Crippen molar-refractivity contribution in [1.29, 1.82) is 0 Å². The summed E-state index contributed by atoms with van der Waals surface area (Å²) in [5.41, 5.74) is 0. The summed E-state index contributed by atoms with van der Waals surface area (Å²) in [7, 11) is 2.19. The van der Waals surface area contributed by atoms with E-state index in [9.17, 15) is 0 Å². The highest BCUT2D eigenvalue weighted by molar-refractivity contribution is 7.12. The lowest BCUT2D eigenvalue weighted by atomic mass is 10.2. The standard InChI is InChI=1S/C17H26N2OS/c1-15(19-10-3-4-11-19)9-12-18(2)14-17-8-7-16(21-17)6-5-13-20/h7-8,15,20H,3-4,9-14H2,1-2H3. The van der Waals surface area contributed by atoms with Gasteiger partial charge in [-0.3, -0.25) is 0 Å². The zero-order chi connectivity index (χ0) is 15.1. The lowest BCUT2D eigenvalue weighted by Crippen LogP contribution is -2.33. The molecule has 4 heteroatoms. The van der Waals surface area contributed by atoms with Gasteiger partial charge in [-0.1, -0.05) is 11.8 Å². The van der Waals surface area contributed by atoms with Crippen LogP contribution in [0.1, 0.15) is 35.9 Å². The van der Waals surface area contributed by atoms with Crippen molar-refractivity contribution in [1.82, 2.24) is 9.80 Å². The third kappa shape index (κ3) is 5.44. The van der Waals surface area contributed by atoms with E-state index >= 15 is 0 Å². The van der Waals surface area contributed by atoms with Gasteiger partial charge in [0.25, 0.3) is 0 Å². The Labute approximate surface area is 132 Å². The summed E-state index contributed by atoms with van der Waals surface area (Å²) in [6, 6.07) is 4.89. The minimum atomic E-state index is -0.0679. The number of hydrogen-bond acceptors (Lipinski definition) is 4. The van der Waals surface area contributed by atoms with Crippen LogP contribution in [0, 0.1) is 11.8 Å². The predicted molar refractivity (Wildman–Crippen MR) is 89.5 cm³/mol. The van der Waals surface area contributed by atoms with Gasteiger partial charge in [0, 0.05) is 17.5 Å². The van der Waals surface area contributed by atoms with Gasteiger partial charge in [-0.15, -0.1) is 11.3 Å². The van der Waals surface area contributed by atoms with Crippen LogP contribution in [0.2, 0.25) is 0 Å². The minimum Gasteiger partial charge on any atom is -0.384 e. The van der Waals surface area contributed by atoms with Crippen LogP contribution < -0.4 is 0 Å². The van der Waals surface area contributed by atoms with Crippen molar-refractivity contribution in [3.63, 3.8) is 0 Å². The van der Waals surface area contributed by atoms with Gasteiger partial charge in [-0.25, -0.2) is 0 Å². The molecule has 0 aliphatic carbocycles. The molecule has 1 unspecified atom stereocenters. The van der Waals surface area contributed by atoms with Crippen molar-refractivity contribution >= 4 is 11.3 Å². The van der Waals surface area contributed by atoms with E-state index in [1.54, 1.807) is 11.3 Å². The second kappa shape index (κ2) is 8.55. The fraction of sp³-hybridized carbons (Fsp3) is 0.647. The van der Waals surface area contributed by atoms with Gasteiger partial charge in [0.2, 0.25) is 0 Å². The number of rotatable bonds is 6. The molecule has 0 amide bonds. The summed E-state index contributed by atoms with van der Waals surface area (Å²) < 4.78 is 0. The molecule has 0 spiro atoms. The Morgan fingerprint density at radius 2 is 2.14 bits per heavy atom. The van der Waals surface area contributed by atoms with Gasteiger partial charge in [-0.05, 0) is 65.0 Å². The Balaban J connectivity index is 1.73. The number of aliphatic hydroxyl groups is 1. The fourth-order valence-corrected chi connectivity index (χ4v) is 3.74. The molecule has 0 saturated carbocycles. The number of hydrogen-bond donors (Lipinski definition) is 1. The van der Waals surface area contributed by atoms with Crippen LogP contribution in [0.25, 0.3) is 0 Å². The van der Waals surface area contributed by atoms with Crippen LogP contribution in [0.3, 0.4) is 0 Å². The number of thiophene rings is 1. The lowest BCUT2D eigenvalue weighted by molar-refractivity contribution is 0.215. The van der Waals surface area contributed by atoms with Crippen LogP contribution in [0.5, 0.6) is 0 Å². The summed E-state index contributed by atoms with van der Waals surface area (Å²) in [6.07, 6.45) is 3.97. The SMILES string of the molecule is CC(CCN(C)Cc1ccc(C#CCO)s1)N1CCCC1. The van der Waals surface area contributed by atoms with E-state index in [1.165, 1.54) is 37.2 Å². The average Bonchev–Trinajstić information content (AvgIpc) is 3.14. The van der Waals surface area contributed by atoms with Crippen LogP contribution in [-0.4, -0.2) is 54.2 Å². The normalized spacial score (nSPS) is 17.0. The number of likely N-dealkylation sites (tertiary alicyclic amines) is 1. The summed E-state index contributed by atoms with van der Waals surface area (Å²) >= 11 is 1.72. The first kappa shape index (κ1) is 16.5. The zero-order valence-electron chi connectivity index (χ0n) is 13.1. The monoisotopic (exact) mass is 306 g/mol. The van der Waals surface area contributed by atoms with Gasteiger partial charge in [0.1, 0.15) is 6.61 Å². The highest BCUT2D eigenvalue weighted by Crippen LogP contribution is 2.18. The molecule has 1 aliphatic rings. The lowest BCUT2D eigenvalue weighted by Gasteiger charge is -2.26. The summed E-state index contributed by atoms with van der Waals surface area (Å²) in [4.78, 5) is 7.38. The molecule has 1 saturated heterocycles. The molecule has 1 atom stereocenters. The van der Waals surface area contributed by atoms with Crippen LogP contribution in [-0.2, 0) is 6.54 Å². The largest absolute Gasteiger partial charge is 0.384 e. The Kier molecular flexibility index (Phi) is 6.72. The maximum absolute atomic E-state index is 8.71. The molecule has 1 aliphatic heterocycles. The molecule has 2 heterocycles. The summed E-state index contributed by atoms with van der Waals surface area (Å²) in [5, 5.41) is 8.71. The molecule has 2 rings (SSSR count). The van der Waals surface area contributed by atoms with Crippen molar-refractivity contribution < 1.29 is 5.11 Å². The molecule has 0 aromatic carbocycles. The van der Waals surface area contributed by atoms with Crippen molar-refractivity contribution in [2.45, 2.75) is 38.8 Å². The molecule has 3 nitrogen and oxygen atoms in total. The maximum Gasteiger partial charge on any atom is 0.104 e. The highest BCUT2D eigenvalue weighted by atomic mass is 32.1. The quantitative estimate of drug-likeness (QED) is 0.818. The van der Waals surface area contributed by atoms with Crippen LogP contribution in [0.4, 0.5) is 0 Å². The zero-order valence-corrected chi connectivity index (χ0v) is 14.0. The second-order valence-electron chi connectivity index (χ2n) is 5.84. The van der Waals surface area contributed by atoms with E-state index in [1.807, 2.05) is 6.07 Å². The predicted octanol–water partition coefficient (Wildman–Crippen LogP) is 2.40. The van der Waals surface area contributed by atoms with Crippen molar-refractivity contribution in [2.24, 2.45) is 0 Å². The molecule has 1 fully saturated rings. The van der Waals surface area contributed by atoms with E-state index < -0.39 is 0 Å². The first-order valence-electron chi connectivity index (χ1n) is 7.80. The first-order valence-corrected chi connectivity index (χ1v) is 8.61. The third-order valence-corrected chi connectivity index (χ3v) is 5.06. The number of aliphatic hydroxyl groups excluding tert-OH is 1. The molecule has 1 aromatic rings. The summed E-state index contributed by atoms with van der Waals surface area (Å²) in [5.74, 6) is 5.67. The fourth-order valence-electron chi connectivity index (χ4n) is 2.77. The van der Waals surface area contributed by atoms with E-state index in [2.05, 4.69) is 41.7 Å². The topological polar surface area (TPSA) is 26.7 Å². The maximum atomic E-state index is 8.71. The van der Waals surface area contributed by atoms with E-state index in [0.717, 1.165) is 18.0 Å². The van der Waals surface area contributed by atoms with E-state index in [0.29, 0.717) is 6.04 Å². The van der Waals surface area contributed by atoms with E-state index in [-0.39, 0.29) is 6.61 Å². The molecule has 1 N–H and O–H groups in total. The van der Waals surface area contributed by atoms with Gasteiger partial charge < -0.3 is 14.9 Å². The average molecular weight is 306 g/mol. The second-order valence-corrected chi connectivity index (χ2v) is 7.01. The number of nitrogens with zero attached hydrogens (tertiary/aromatic N) is 2. The molecule has 0 bridgehead atoms. The Bertz CT molecular complexity index is 482. The first-order chi connectivity index (χ1) is 10.2. The minimum absolute atomic E-state index is 0.0679. The Hall–Kier alpha value is -0.860. The molecular formula is C17H26N2OS. The Morgan fingerprint density at radius 3 is 2.86 bits per heavy atom.